The number of halogens is 1. The van der Waals surface area contributed by atoms with E-state index in [1.54, 1.807) is 24.3 Å². The van der Waals surface area contributed by atoms with Crippen LogP contribution in [0.4, 0.5) is 4.39 Å². The van der Waals surface area contributed by atoms with Crippen LogP contribution in [0, 0.1) is 17.1 Å². The first kappa shape index (κ1) is 28.7. The van der Waals surface area contributed by atoms with Crippen LogP contribution in [0.25, 0.3) is 0 Å². The summed E-state index contributed by atoms with van der Waals surface area (Å²) in [6.07, 6.45) is 1.35. The fourth-order valence-electron chi connectivity index (χ4n) is 5.99. The summed E-state index contributed by atoms with van der Waals surface area (Å²) in [6, 6.07) is 15.9. The third-order valence-electron chi connectivity index (χ3n) is 8.03. The molecule has 2 aromatic carbocycles. The van der Waals surface area contributed by atoms with Crippen LogP contribution in [0.3, 0.4) is 0 Å². The van der Waals surface area contributed by atoms with Gasteiger partial charge in [-0.2, -0.15) is 5.26 Å². The topological polar surface area (TPSA) is 93.0 Å². The molecule has 0 spiro atoms. The Labute approximate surface area is 235 Å². The molecule has 5 rings (SSSR count). The highest BCUT2D eigenvalue weighted by Gasteiger charge is 2.58. The summed E-state index contributed by atoms with van der Waals surface area (Å²) >= 11 is 0. The van der Waals surface area contributed by atoms with Crippen LogP contribution in [0.5, 0.6) is 0 Å². The molecule has 0 aromatic heterocycles. The molecule has 40 heavy (non-hydrogen) atoms. The van der Waals surface area contributed by atoms with E-state index in [-0.39, 0.29) is 37.8 Å². The molecule has 2 aromatic rings. The fourth-order valence-corrected chi connectivity index (χ4v) is 5.99. The number of hydrogen-bond acceptors (Lipinski definition) is 7. The van der Waals surface area contributed by atoms with E-state index >= 15 is 0 Å². The summed E-state index contributed by atoms with van der Waals surface area (Å²) in [6.45, 7) is 7.10. The number of nitrogens with one attached hydrogen (secondary N) is 1. The number of nitrogens with zero attached hydrogens (tertiary/aromatic N) is 2. The maximum Gasteiger partial charge on any atom is 0.252 e. The van der Waals surface area contributed by atoms with Crippen LogP contribution >= 0.6 is 0 Å². The highest BCUT2D eigenvalue weighted by atomic mass is 19.1. The minimum atomic E-state index is -1.32. The summed E-state index contributed by atoms with van der Waals surface area (Å²) in [4.78, 5) is 16.3. The predicted molar refractivity (Wildman–Crippen MR) is 145 cm³/mol. The molecule has 4 atom stereocenters. The third-order valence-corrected chi connectivity index (χ3v) is 8.03. The summed E-state index contributed by atoms with van der Waals surface area (Å²) in [5, 5.41) is 12.6. The van der Waals surface area contributed by atoms with Gasteiger partial charge in [0.25, 0.3) is 5.91 Å². The van der Waals surface area contributed by atoms with Crippen LogP contribution in [0.15, 0.2) is 48.5 Å². The quantitative estimate of drug-likeness (QED) is 0.476. The zero-order valence-corrected chi connectivity index (χ0v) is 23.2. The Balaban J connectivity index is 1.39. The average Bonchev–Trinajstić information content (AvgIpc) is 3.57. The first-order chi connectivity index (χ1) is 19.3. The number of benzene rings is 2. The van der Waals surface area contributed by atoms with Gasteiger partial charge in [-0.05, 0) is 57.5 Å². The van der Waals surface area contributed by atoms with Crippen LogP contribution < -0.4 is 5.32 Å². The third kappa shape index (κ3) is 6.54. The Morgan fingerprint density at radius 1 is 1.07 bits per heavy atom. The Morgan fingerprint density at radius 2 is 1.80 bits per heavy atom. The van der Waals surface area contributed by atoms with E-state index in [0.717, 1.165) is 25.2 Å². The molecule has 1 unspecified atom stereocenters. The van der Waals surface area contributed by atoms with Gasteiger partial charge in [-0.15, -0.1) is 0 Å². The normalized spacial score (nSPS) is 27.7. The van der Waals surface area contributed by atoms with Crippen LogP contribution in [-0.2, 0) is 37.0 Å². The fraction of sp³-hybridized carbons (Fsp3) is 0.548. The second-order valence-electron chi connectivity index (χ2n) is 11.3. The molecule has 8 nitrogen and oxygen atoms in total. The van der Waals surface area contributed by atoms with Crippen molar-refractivity contribution >= 4 is 5.91 Å². The minimum absolute atomic E-state index is 0.0716. The lowest BCUT2D eigenvalue weighted by Gasteiger charge is -2.43. The number of amides is 1. The Hall–Kier alpha value is -2.87. The molecule has 9 heteroatoms. The van der Waals surface area contributed by atoms with Gasteiger partial charge in [0.1, 0.15) is 11.9 Å². The van der Waals surface area contributed by atoms with E-state index < -0.39 is 29.7 Å². The van der Waals surface area contributed by atoms with Crippen molar-refractivity contribution in [1.29, 1.82) is 5.26 Å². The number of rotatable bonds is 10. The second-order valence-corrected chi connectivity index (χ2v) is 11.3. The number of ether oxygens (including phenoxy) is 4. The molecule has 1 aliphatic carbocycles. The predicted octanol–water partition coefficient (Wildman–Crippen LogP) is 4.06. The molecule has 0 bridgehead atoms. The largest absolute Gasteiger partial charge is 0.371 e. The highest BCUT2D eigenvalue weighted by Crippen LogP contribution is 2.44. The maximum absolute atomic E-state index is 14.5. The molecule has 214 valence electrons. The van der Waals surface area contributed by atoms with Gasteiger partial charge in [-0.25, -0.2) is 4.39 Å². The summed E-state index contributed by atoms with van der Waals surface area (Å²) in [5.74, 6) is -1.51. The summed E-state index contributed by atoms with van der Waals surface area (Å²) in [7, 11) is 0. The lowest BCUT2D eigenvalue weighted by molar-refractivity contribution is -0.183. The van der Waals surface area contributed by atoms with Crippen molar-refractivity contribution in [1.82, 2.24) is 10.2 Å². The van der Waals surface area contributed by atoms with Crippen molar-refractivity contribution in [2.75, 3.05) is 26.2 Å². The molecule has 2 saturated heterocycles. The summed E-state index contributed by atoms with van der Waals surface area (Å²) < 4.78 is 39.8. The van der Waals surface area contributed by atoms with Gasteiger partial charge in [0.15, 0.2) is 11.4 Å². The average molecular weight is 552 g/mol. The number of nitriles is 1. The molecule has 3 aliphatic rings. The van der Waals surface area contributed by atoms with E-state index in [2.05, 4.69) is 16.3 Å². The molecular formula is C31H38FN3O5. The van der Waals surface area contributed by atoms with Crippen molar-refractivity contribution in [3.05, 3.63) is 71.0 Å². The van der Waals surface area contributed by atoms with E-state index in [4.69, 9.17) is 18.9 Å². The lowest BCUT2D eigenvalue weighted by Crippen LogP contribution is -2.60. The Bertz CT molecular complexity index is 1230. The van der Waals surface area contributed by atoms with Crippen molar-refractivity contribution in [3.8, 4) is 6.07 Å². The van der Waals surface area contributed by atoms with E-state index in [9.17, 15) is 14.4 Å². The van der Waals surface area contributed by atoms with Crippen LogP contribution in [0.2, 0.25) is 0 Å². The van der Waals surface area contributed by atoms with Gasteiger partial charge in [0, 0.05) is 31.5 Å². The van der Waals surface area contributed by atoms with Crippen LogP contribution in [-0.4, -0.2) is 66.7 Å². The molecule has 0 radical (unpaired) electrons. The molecule has 1 N–H and O–H groups in total. The molecule has 2 aliphatic heterocycles. The molecule has 2 heterocycles. The standard InChI is InChI=1S/C31H38FN3O5/c1-30(2)39-27-18-31(38-21-24-11-5-6-12-25(24)32,29(36)34-13-16-35-14-7-8-15-35)17-26(28(27)40-30)37-20-23-10-4-3-9-22(23)19-33/h3-6,9-12,26-28H,7-8,13-18,20-21H2,1-2H3,(H,34,36)/t26?,27-,28+,31-/m1/s1. The molecule has 1 saturated carbocycles. The Morgan fingerprint density at radius 3 is 2.55 bits per heavy atom. The molecule has 1 amide bonds. The monoisotopic (exact) mass is 551 g/mol. The molecular weight excluding hydrogens is 513 g/mol. The second kappa shape index (κ2) is 12.3. The van der Waals surface area contributed by atoms with Gasteiger partial charge in [0.05, 0.1) is 37.1 Å². The maximum atomic E-state index is 14.5. The van der Waals surface area contributed by atoms with E-state index in [1.165, 1.54) is 18.9 Å². The zero-order chi connectivity index (χ0) is 28.2. The highest BCUT2D eigenvalue weighted by molar-refractivity contribution is 5.85. The SMILES string of the molecule is CC1(C)O[C@@H]2C[C@@](OCc3ccccc3F)(C(=O)NCCN3CCCC3)CC(OCc3ccccc3C#N)[C@@H]2O1. The first-order valence-corrected chi connectivity index (χ1v) is 14.1. The number of carbonyl (C=O) groups excluding carboxylic acids is 1. The van der Waals surface area contributed by atoms with Crippen molar-refractivity contribution in [2.45, 2.75) is 82.4 Å². The van der Waals surface area contributed by atoms with Crippen molar-refractivity contribution < 1.29 is 28.1 Å². The van der Waals surface area contributed by atoms with Crippen LogP contribution in [0.1, 0.15) is 56.2 Å². The zero-order valence-electron chi connectivity index (χ0n) is 23.2. The summed E-state index contributed by atoms with van der Waals surface area (Å²) in [5.41, 5.74) is 0.328. The van der Waals surface area contributed by atoms with Gasteiger partial charge in [0.2, 0.25) is 0 Å². The van der Waals surface area contributed by atoms with Gasteiger partial charge >= 0.3 is 0 Å². The number of carbonyl (C=O) groups is 1. The number of hydrogen-bond donors (Lipinski definition) is 1. The Kier molecular flexibility index (Phi) is 8.83. The lowest BCUT2D eigenvalue weighted by atomic mass is 9.78. The van der Waals surface area contributed by atoms with Gasteiger partial charge in [-0.3, -0.25) is 4.79 Å². The van der Waals surface area contributed by atoms with Gasteiger partial charge in [-0.1, -0.05) is 36.4 Å². The minimum Gasteiger partial charge on any atom is -0.371 e. The smallest absolute Gasteiger partial charge is 0.252 e. The van der Waals surface area contributed by atoms with Crippen molar-refractivity contribution in [3.63, 3.8) is 0 Å². The molecule has 3 fully saturated rings. The van der Waals surface area contributed by atoms with Gasteiger partial charge < -0.3 is 29.2 Å². The van der Waals surface area contributed by atoms with E-state index in [1.807, 2.05) is 32.0 Å². The van der Waals surface area contributed by atoms with Crippen molar-refractivity contribution in [2.24, 2.45) is 0 Å². The number of likely N-dealkylation sites (tertiary alicyclic amines) is 1. The first-order valence-electron chi connectivity index (χ1n) is 14.1. The number of fused-ring (bicyclic) bond motifs is 1. The van der Waals surface area contributed by atoms with E-state index in [0.29, 0.717) is 17.7 Å².